The van der Waals surface area contributed by atoms with Gasteiger partial charge in [0.05, 0.1) is 16.5 Å². The fourth-order valence-corrected chi connectivity index (χ4v) is 5.03. The van der Waals surface area contributed by atoms with Gasteiger partial charge in [-0.25, -0.2) is 13.1 Å². The number of nitrogen functional groups attached to an aromatic ring is 1. The largest absolute Gasteiger partial charge is 0.393 e. The van der Waals surface area contributed by atoms with Crippen molar-refractivity contribution < 1.29 is 13.5 Å². The lowest BCUT2D eigenvalue weighted by atomic mass is 9.91. The lowest BCUT2D eigenvalue weighted by Gasteiger charge is -2.31. The highest BCUT2D eigenvalue weighted by Crippen LogP contribution is 2.34. The molecule has 0 atom stereocenters. The lowest BCUT2D eigenvalue weighted by molar-refractivity contribution is 0.0712. The SMILES string of the molecule is Cc1cc(S(=O)(=O)N[C@H]2C[C@H](O)C2)ccc1-c1ccc2[nH]nc(N)c2c1C. The van der Waals surface area contributed by atoms with E-state index >= 15 is 0 Å². The molecular formula is C19H22N4O3S. The van der Waals surface area contributed by atoms with E-state index in [-0.39, 0.29) is 10.9 Å². The fraction of sp³-hybridized carbons (Fsp3) is 0.316. The molecule has 1 aromatic heterocycles. The highest BCUT2D eigenvalue weighted by atomic mass is 32.2. The molecular weight excluding hydrogens is 364 g/mol. The number of sulfonamides is 1. The van der Waals surface area contributed by atoms with Gasteiger partial charge in [-0.3, -0.25) is 5.10 Å². The zero-order valence-corrected chi connectivity index (χ0v) is 16.0. The Morgan fingerprint density at radius 3 is 2.56 bits per heavy atom. The van der Waals surface area contributed by atoms with E-state index in [2.05, 4.69) is 14.9 Å². The average Bonchev–Trinajstić information content (AvgIpc) is 2.96. The molecule has 1 aliphatic rings. The minimum Gasteiger partial charge on any atom is -0.393 e. The van der Waals surface area contributed by atoms with Gasteiger partial charge in [0.1, 0.15) is 0 Å². The number of nitrogens with zero attached hydrogens (tertiary/aromatic N) is 1. The summed E-state index contributed by atoms with van der Waals surface area (Å²) in [6.45, 7) is 3.88. The monoisotopic (exact) mass is 386 g/mol. The summed E-state index contributed by atoms with van der Waals surface area (Å²) in [4.78, 5) is 0.228. The molecule has 27 heavy (non-hydrogen) atoms. The van der Waals surface area contributed by atoms with Crippen LogP contribution in [0, 0.1) is 13.8 Å². The van der Waals surface area contributed by atoms with E-state index in [9.17, 15) is 13.5 Å². The van der Waals surface area contributed by atoms with E-state index in [1.54, 1.807) is 12.1 Å². The molecule has 0 unspecified atom stereocenters. The van der Waals surface area contributed by atoms with Crippen molar-refractivity contribution in [1.29, 1.82) is 0 Å². The number of H-pyrrole nitrogens is 1. The fourth-order valence-electron chi connectivity index (χ4n) is 3.68. The van der Waals surface area contributed by atoms with Gasteiger partial charge in [0.15, 0.2) is 5.82 Å². The molecule has 0 spiro atoms. The molecule has 0 aliphatic heterocycles. The van der Waals surface area contributed by atoms with E-state index in [0.29, 0.717) is 18.7 Å². The number of hydrogen-bond acceptors (Lipinski definition) is 5. The van der Waals surface area contributed by atoms with Crippen LogP contribution in [0.1, 0.15) is 24.0 Å². The molecule has 7 nitrogen and oxygen atoms in total. The summed E-state index contributed by atoms with van der Waals surface area (Å²) >= 11 is 0. The number of nitrogens with one attached hydrogen (secondary N) is 2. The van der Waals surface area contributed by atoms with E-state index in [4.69, 9.17) is 5.73 Å². The Morgan fingerprint density at radius 1 is 1.19 bits per heavy atom. The van der Waals surface area contributed by atoms with Crippen LogP contribution in [0.15, 0.2) is 35.2 Å². The molecule has 142 valence electrons. The third kappa shape index (κ3) is 3.09. The van der Waals surface area contributed by atoms with Crippen LogP contribution in [0.3, 0.4) is 0 Å². The van der Waals surface area contributed by atoms with E-state index in [0.717, 1.165) is 33.2 Å². The van der Waals surface area contributed by atoms with Gasteiger partial charge in [0, 0.05) is 11.4 Å². The van der Waals surface area contributed by atoms with Gasteiger partial charge < -0.3 is 10.8 Å². The second kappa shape index (κ2) is 6.33. The Hall–Kier alpha value is -2.42. The topological polar surface area (TPSA) is 121 Å². The number of anilines is 1. The number of aliphatic hydroxyl groups excluding tert-OH is 1. The van der Waals surface area contributed by atoms with Crippen LogP contribution in [-0.4, -0.2) is 35.9 Å². The first-order chi connectivity index (χ1) is 12.8. The number of aliphatic hydroxyl groups is 1. The Balaban J connectivity index is 1.70. The summed E-state index contributed by atoms with van der Waals surface area (Å²) in [7, 11) is -3.60. The maximum Gasteiger partial charge on any atom is 0.240 e. The average molecular weight is 386 g/mol. The summed E-state index contributed by atoms with van der Waals surface area (Å²) in [6.07, 6.45) is 0.513. The number of rotatable bonds is 4. The zero-order chi connectivity index (χ0) is 19.3. The van der Waals surface area contributed by atoms with Crippen molar-refractivity contribution in [3.8, 4) is 11.1 Å². The van der Waals surface area contributed by atoms with Gasteiger partial charge in [0.25, 0.3) is 0 Å². The summed E-state index contributed by atoms with van der Waals surface area (Å²) in [6, 6.07) is 8.83. The zero-order valence-electron chi connectivity index (χ0n) is 15.2. The molecule has 0 bridgehead atoms. The lowest BCUT2D eigenvalue weighted by Crippen LogP contribution is -2.46. The van der Waals surface area contributed by atoms with Crippen molar-refractivity contribution >= 4 is 26.7 Å². The van der Waals surface area contributed by atoms with E-state index in [1.807, 2.05) is 32.0 Å². The van der Waals surface area contributed by atoms with Crippen LogP contribution >= 0.6 is 0 Å². The van der Waals surface area contributed by atoms with Crippen molar-refractivity contribution in [2.24, 2.45) is 0 Å². The molecule has 5 N–H and O–H groups in total. The Morgan fingerprint density at radius 2 is 1.89 bits per heavy atom. The molecule has 0 amide bonds. The van der Waals surface area contributed by atoms with Gasteiger partial charge in [-0.1, -0.05) is 12.1 Å². The number of hydrogen-bond donors (Lipinski definition) is 4. The minimum absolute atomic E-state index is 0.196. The summed E-state index contributed by atoms with van der Waals surface area (Å²) < 4.78 is 27.8. The highest BCUT2D eigenvalue weighted by Gasteiger charge is 2.31. The number of aromatic nitrogens is 2. The molecule has 1 aliphatic carbocycles. The van der Waals surface area contributed by atoms with E-state index < -0.39 is 16.1 Å². The first-order valence-electron chi connectivity index (χ1n) is 8.81. The van der Waals surface area contributed by atoms with Crippen LogP contribution in [0.4, 0.5) is 5.82 Å². The van der Waals surface area contributed by atoms with Crippen LogP contribution in [0.5, 0.6) is 0 Å². The second-order valence-corrected chi connectivity index (χ2v) is 8.90. The quantitative estimate of drug-likeness (QED) is 0.548. The molecule has 0 saturated heterocycles. The smallest absolute Gasteiger partial charge is 0.240 e. The standard InChI is InChI=1S/C19H22N4O3S/c1-10-7-14(27(25,26)23-12-8-13(24)9-12)3-4-15(10)16-5-6-17-18(11(16)2)19(20)22-21-17/h3-7,12-13,23-24H,8-9H2,1-2H3,(H3,20,21,22)/t12-,13-. The molecule has 0 radical (unpaired) electrons. The van der Waals surface area contributed by atoms with Crippen molar-refractivity contribution in [3.63, 3.8) is 0 Å². The van der Waals surface area contributed by atoms with Gasteiger partial charge in [-0.15, -0.1) is 0 Å². The van der Waals surface area contributed by atoms with Crippen molar-refractivity contribution in [1.82, 2.24) is 14.9 Å². The Labute approximate surface area is 157 Å². The van der Waals surface area contributed by atoms with E-state index in [1.165, 1.54) is 0 Å². The predicted molar refractivity (Wildman–Crippen MR) is 105 cm³/mol. The van der Waals surface area contributed by atoms with Crippen molar-refractivity contribution in [3.05, 3.63) is 41.5 Å². The molecule has 1 saturated carbocycles. The van der Waals surface area contributed by atoms with Crippen molar-refractivity contribution in [2.45, 2.75) is 43.7 Å². The first kappa shape index (κ1) is 18.0. The molecule has 4 rings (SSSR count). The maximum absolute atomic E-state index is 12.6. The molecule has 8 heteroatoms. The van der Waals surface area contributed by atoms with Gasteiger partial charge in [-0.05, 0) is 67.1 Å². The second-order valence-electron chi connectivity index (χ2n) is 7.19. The summed E-state index contributed by atoms with van der Waals surface area (Å²) in [5.41, 5.74) is 10.6. The van der Waals surface area contributed by atoms with Crippen LogP contribution in [-0.2, 0) is 10.0 Å². The van der Waals surface area contributed by atoms with Gasteiger partial charge in [0.2, 0.25) is 10.0 Å². The first-order valence-corrected chi connectivity index (χ1v) is 10.3. The third-order valence-electron chi connectivity index (χ3n) is 5.25. The van der Waals surface area contributed by atoms with Gasteiger partial charge in [-0.2, -0.15) is 5.10 Å². The number of benzene rings is 2. The molecule has 1 heterocycles. The Kier molecular flexibility index (Phi) is 4.21. The van der Waals surface area contributed by atoms with Crippen LogP contribution < -0.4 is 10.5 Å². The van der Waals surface area contributed by atoms with Crippen molar-refractivity contribution in [2.75, 3.05) is 5.73 Å². The number of nitrogens with two attached hydrogens (primary N) is 1. The number of aryl methyl sites for hydroxylation is 2. The van der Waals surface area contributed by atoms with Gasteiger partial charge >= 0.3 is 0 Å². The molecule has 1 fully saturated rings. The minimum atomic E-state index is -3.60. The third-order valence-corrected chi connectivity index (χ3v) is 6.77. The molecule has 2 aromatic carbocycles. The van der Waals surface area contributed by atoms with Crippen LogP contribution in [0.2, 0.25) is 0 Å². The number of aromatic amines is 1. The highest BCUT2D eigenvalue weighted by molar-refractivity contribution is 7.89. The summed E-state index contributed by atoms with van der Waals surface area (Å²) in [5, 5.41) is 17.2. The molecule has 3 aromatic rings. The summed E-state index contributed by atoms with van der Waals surface area (Å²) in [5.74, 6) is 0.452. The predicted octanol–water partition coefficient (Wildman–Crippen LogP) is 2.23. The van der Waals surface area contributed by atoms with Crippen LogP contribution in [0.25, 0.3) is 22.0 Å². The number of fused-ring (bicyclic) bond motifs is 1. The maximum atomic E-state index is 12.6. The Bertz CT molecular complexity index is 1130. The normalized spacial score (nSPS) is 20.0.